The molecule has 0 amide bonds. The minimum atomic E-state index is -0.167. The Labute approximate surface area is 65.9 Å². The summed E-state index contributed by atoms with van der Waals surface area (Å²) in [6, 6.07) is 0. The molecule has 2 rings (SSSR count). The SMILES string of the molecule is C[N+]12COCC1(CO)COC2. The number of nitrogens with zero attached hydrogens (tertiary/aromatic N) is 1. The number of ether oxygens (including phenoxy) is 2. The third-order valence-corrected chi connectivity index (χ3v) is 2.93. The van der Waals surface area contributed by atoms with Gasteiger partial charge in [0, 0.05) is 0 Å². The minimum absolute atomic E-state index is 0.156. The molecule has 1 N–H and O–H groups in total. The molecule has 64 valence electrons. The molecule has 2 saturated heterocycles. The molecule has 2 aliphatic heterocycles. The zero-order valence-corrected chi connectivity index (χ0v) is 6.75. The fourth-order valence-corrected chi connectivity index (χ4v) is 1.80. The summed E-state index contributed by atoms with van der Waals surface area (Å²) in [5.41, 5.74) is -0.167. The Bertz CT molecular complexity index is 161. The topological polar surface area (TPSA) is 38.7 Å². The first-order valence-electron chi connectivity index (χ1n) is 3.83. The summed E-state index contributed by atoms with van der Waals surface area (Å²) in [5.74, 6) is 0. The smallest absolute Gasteiger partial charge is 0.185 e. The molecule has 0 unspecified atom stereocenters. The molecule has 11 heavy (non-hydrogen) atoms. The normalized spacial score (nSPS) is 49.6. The van der Waals surface area contributed by atoms with Crippen molar-refractivity contribution in [3.8, 4) is 0 Å². The molecule has 0 atom stereocenters. The molecule has 0 aliphatic carbocycles. The van der Waals surface area contributed by atoms with Gasteiger partial charge in [0.25, 0.3) is 0 Å². The highest BCUT2D eigenvalue weighted by Gasteiger charge is 2.57. The molecule has 0 spiro atoms. The Morgan fingerprint density at radius 1 is 1.36 bits per heavy atom. The maximum atomic E-state index is 9.22. The van der Waals surface area contributed by atoms with Crippen LogP contribution in [0.5, 0.6) is 0 Å². The lowest BCUT2D eigenvalue weighted by Crippen LogP contribution is -2.58. The third-order valence-electron chi connectivity index (χ3n) is 2.93. The fraction of sp³-hybridized carbons (Fsp3) is 1.00. The van der Waals surface area contributed by atoms with Gasteiger partial charge in [-0.15, -0.1) is 0 Å². The Hall–Kier alpha value is -0.160. The summed E-state index contributed by atoms with van der Waals surface area (Å²) >= 11 is 0. The number of aliphatic hydroxyl groups is 1. The number of likely N-dealkylation sites (N-methyl/N-ethyl adjacent to an activating group) is 1. The van der Waals surface area contributed by atoms with Crippen molar-refractivity contribution in [2.75, 3.05) is 40.3 Å². The van der Waals surface area contributed by atoms with Crippen LogP contribution >= 0.6 is 0 Å². The van der Waals surface area contributed by atoms with E-state index in [0.717, 1.165) is 0 Å². The van der Waals surface area contributed by atoms with Crippen LogP contribution in [0.15, 0.2) is 0 Å². The van der Waals surface area contributed by atoms with Crippen LogP contribution in [0.4, 0.5) is 0 Å². The van der Waals surface area contributed by atoms with Crippen molar-refractivity contribution in [3.63, 3.8) is 0 Å². The van der Waals surface area contributed by atoms with E-state index in [-0.39, 0.29) is 12.1 Å². The molecule has 4 heteroatoms. The van der Waals surface area contributed by atoms with Crippen LogP contribution in [0.1, 0.15) is 0 Å². The average molecular weight is 160 g/mol. The summed E-state index contributed by atoms with van der Waals surface area (Å²) in [7, 11) is 2.07. The molecule has 2 heterocycles. The summed E-state index contributed by atoms with van der Waals surface area (Å²) in [4.78, 5) is 0. The zero-order chi connectivity index (χ0) is 7.95. The number of hydrogen-bond donors (Lipinski definition) is 1. The predicted molar refractivity (Wildman–Crippen MR) is 37.6 cm³/mol. The van der Waals surface area contributed by atoms with E-state index >= 15 is 0 Å². The molecular weight excluding hydrogens is 146 g/mol. The molecule has 0 aromatic heterocycles. The molecule has 2 fully saturated rings. The number of rotatable bonds is 1. The van der Waals surface area contributed by atoms with Crippen LogP contribution in [0.3, 0.4) is 0 Å². The molecule has 0 radical (unpaired) electrons. The number of fused-ring (bicyclic) bond motifs is 1. The van der Waals surface area contributed by atoms with Gasteiger partial charge in [-0.05, 0) is 0 Å². The lowest BCUT2D eigenvalue weighted by Gasteiger charge is -2.33. The van der Waals surface area contributed by atoms with Gasteiger partial charge in [-0.25, -0.2) is 0 Å². The van der Waals surface area contributed by atoms with Crippen molar-refractivity contribution < 1.29 is 19.1 Å². The van der Waals surface area contributed by atoms with Crippen LogP contribution < -0.4 is 0 Å². The summed E-state index contributed by atoms with van der Waals surface area (Å²) in [6.07, 6.45) is 0. The Morgan fingerprint density at radius 2 is 1.91 bits per heavy atom. The van der Waals surface area contributed by atoms with Crippen LogP contribution in [0.2, 0.25) is 0 Å². The molecule has 0 aromatic rings. The van der Waals surface area contributed by atoms with Gasteiger partial charge < -0.3 is 14.6 Å². The van der Waals surface area contributed by atoms with Crippen molar-refractivity contribution in [1.82, 2.24) is 0 Å². The van der Waals surface area contributed by atoms with Crippen LogP contribution in [0, 0.1) is 0 Å². The lowest BCUT2D eigenvalue weighted by atomic mass is 10.0. The van der Waals surface area contributed by atoms with Gasteiger partial charge >= 0.3 is 0 Å². The van der Waals surface area contributed by atoms with Gasteiger partial charge in [0.1, 0.15) is 19.8 Å². The maximum Gasteiger partial charge on any atom is 0.185 e. The first-order valence-corrected chi connectivity index (χ1v) is 3.83. The molecule has 0 aromatic carbocycles. The van der Waals surface area contributed by atoms with Gasteiger partial charge in [-0.2, -0.15) is 0 Å². The van der Waals surface area contributed by atoms with Crippen molar-refractivity contribution in [2.45, 2.75) is 5.54 Å². The first-order chi connectivity index (χ1) is 5.22. The van der Waals surface area contributed by atoms with Crippen molar-refractivity contribution in [3.05, 3.63) is 0 Å². The quantitative estimate of drug-likeness (QED) is 0.507. The highest BCUT2D eigenvalue weighted by Crippen LogP contribution is 2.34. The summed E-state index contributed by atoms with van der Waals surface area (Å²) in [5, 5.41) is 9.22. The Morgan fingerprint density at radius 3 is 2.27 bits per heavy atom. The summed E-state index contributed by atoms with van der Waals surface area (Å²) in [6.45, 7) is 2.74. The van der Waals surface area contributed by atoms with Gasteiger partial charge in [0.05, 0.1) is 7.05 Å². The van der Waals surface area contributed by atoms with Crippen LogP contribution in [-0.2, 0) is 9.47 Å². The Kier molecular flexibility index (Phi) is 1.47. The van der Waals surface area contributed by atoms with Crippen LogP contribution in [-0.4, -0.2) is 55.5 Å². The van der Waals surface area contributed by atoms with E-state index in [1.807, 2.05) is 0 Å². The minimum Gasteiger partial charge on any atom is -0.390 e. The second-order valence-corrected chi connectivity index (χ2v) is 3.73. The number of aliphatic hydroxyl groups excluding tert-OH is 1. The second kappa shape index (κ2) is 2.17. The largest absolute Gasteiger partial charge is 0.390 e. The van der Waals surface area contributed by atoms with E-state index in [0.29, 0.717) is 31.2 Å². The van der Waals surface area contributed by atoms with E-state index in [1.54, 1.807) is 0 Å². The third kappa shape index (κ3) is 0.780. The maximum absolute atomic E-state index is 9.22. The number of quaternary nitrogens is 1. The standard InChI is InChI=1S/C7H14NO3/c1-8-5-10-3-7(8,2-9)4-11-6-8/h9H,2-6H2,1H3/q+1. The Balaban J connectivity index is 2.28. The zero-order valence-electron chi connectivity index (χ0n) is 6.75. The number of hydrogen-bond acceptors (Lipinski definition) is 3. The molecule has 0 saturated carbocycles. The average Bonchev–Trinajstić information content (AvgIpc) is 2.41. The molecule has 0 bridgehead atoms. The van der Waals surface area contributed by atoms with Gasteiger partial charge in [-0.3, -0.25) is 4.48 Å². The van der Waals surface area contributed by atoms with E-state index < -0.39 is 0 Å². The second-order valence-electron chi connectivity index (χ2n) is 3.73. The molecular formula is C7H14NO3+. The fourth-order valence-electron chi connectivity index (χ4n) is 1.80. The highest BCUT2D eigenvalue weighted by molar-refractivity contribution is 4.85. The van der Waals surface area contributed by atoms with Crippen molar-refractivity contribution >= 4 is 0 Å². The van der Waals surface area contributed by atoms with E-state index in [1.165, 1.54) is 0 Å². The molecule has 2 aliphatic rings. The predicted octanol–water partition coefficient (Wildman–Crippen LogP) is -0.861. The molecule has 4 nitrogen and oxygen atoms in total. The monoisotopic (exact) mass is 160 g/mol. The van der Waals surface area contributed by atoms with E-state index in [2.05, 4.69) is 7.05 Å². The van der Waals surface area contributed by atoms with E-state index in [4.69, 9.17) is 9.47 Å². The highest BCUT2D eigenvalue weighted by atomic mass is 16.6. The van der Waals surface area contributed by atoms with Gasteiger partial charge in [0.15, 0.2) is 19.0 Å². The lowest BCUT2D eigenvalue weighted by molar-refractivity contribution is -0.946. The van der Waals surface area contributed by atoms with Crippen molar-refractivity contribution in [1.29, 1.82) is 0 Å². The van der Waals surface area contributed by atoms with Crippen LogP contribution in [0.25, 0.3) is 0 Å². The first kappa shape index (κ1) is 7.49. The van der Waals surface area contributed by atoms with E-state index in [9.17, 15) is 5.11 Å². The van der Waals surface area contributed by atoms with Crippen molar-refractivity contribution in [2.24, 2.45) is 0 Å². The van der Waals surface area contributed by atoms with Gasteiger partial charge in [0.2, 0.25) is 0 Å². The van der Waals surface area contributed by atoms with Gasteiger partial charge in [-0.1, -0.05) is 0 Å². The summed E-state index contributed by atoms with van der Waals surface area (Å²) < 4.78 is 11.4.